The van der Waals surface area contributed by atoms with Crippen LogP contribution in [0.15, 0.2) is 18.2 Å². The van der Waals surface area contributed by atoms with E-state index < -0.39 is 0 Å². The molecule has 0 aromatic heterocycles. The minimum absolute atomic E-state index is 0.721. The fraction of sp³-hybridized carbons (Fsp3) is 0.143. The lowest BCUT2D eigenvalue weighted by Crippen LogP contribution is -2.08. The Balaban J connectivity index is 3.09. The summed E-state index contributed by atoms with van der Waals surface area (Å²) in [6, 6.07) is 5.57. The van der Waals surface area contributed by atoms with Crippen molar-refractivity contribution in [1.82, 2.24) is 0 Å². The van der Waals surface area contributed by atoms with E-state index in [0.29, 0.717) is 0 Å². The van der Waals surface area contributed by atoms with E-state index in [1.807, 2.05) is 19.1 Å². The zero-order valence-electron chi connectivity index (χ0n) is 5.89. The number of nitrogens with one attached hydrogen (secondary N) is 1. The summed E-state index contributed by atoms with van der Waals surface area (Å²) in [5, 5.41) is 0. The van der Waals surface area contributed by atoms with E-state index in [2.05, 4.69) is 5.43 Å². The topological polar surface area (TPSA) is 64.1 Å². The molecule has 0 heterocycles. The number of benzene rings is 1. The highest BCUT2D eigenvalue weighted by Crippen LogP contribution is 2.15. The maximum atomic E-state index is 5.51. The molecule has 3 heteroatoms. The van der Waals surface area contributed by atoms with E-state index >= 15 is 0 Å². The number of hydrogen-bond acceptors (Lipinski definition) is 3. The van der Waals surface area contributed by atoms with Crippen LogP contribution in [0.1, 0.15) is 5.56 Å². The molecule has 0 amide bonds. The van der Waals surface area contributed by atoms with Gasteiger partial charge in [0, 0.05) is 5.69 Å². The van der Waals surface area contributed by atoms with Crippen LogP contribution in [0.25, 0.3) is 0 Å². The smallest absolute Gasteiger partial charge is 0.0534 e. The molecule has 1 aromatic rings. The molecular weight excluding hydrogens is 126 g/mol. The van der Waals surface area contributed by atoms with Crippen LogP contribution in [-0.4, -0.2) is 0 Å². The summed E-state index contributed by atoms with van der Waals surface area (Å²) >= 11 is 0. The first-order chi connectivity index (χ1) is 4.74. The van der Waals surface area contributed by atoms with Crippen molar-refractivity contribution in [3.8, 4) is 0 Å². The molecule has 0 bridgehead atoms. The Labute approximate surface area is 60.0 Å². The minimum atomic E-state index is 0.721. The standard InChI is InChI=1S/C7H11N3/c1-5-2-3-6(8)4-7(5)10-9/h2-4,10H,8-9H2,1H3. The van der Waals surface area contributed by atoms with Gasteiger partial charge in [0.1, 0.15) is 0 Å². The molecule has 5 N–H and O–H groups in total. The van der Waals surface area contributed by atoms with E-state index in [1.165, 1.54) is 0 Å². The summed E-state index contributed by atoms with van der Waals surface area (Å²) in [5.41, 5.74) is 10.8. The summed E-state index contributed by atoms with van der Waals surface area (Å²) in [4.78, 5) is 0. The highest BCUT2D eigenvalue weighted by Gasteiger charge is 1.93. The summed E-state index contributed by atoms with van der Waals surface area (Å²) in [5.74, 6) is 5.21. The van der Waals surface area contributed by atoms with Crippen LogP contribution in [0.4, 0.5) is 11.4 Å². The summed E-state index contributed by atoms with van der Waals surface area (Å²) < 4.78 is 0. The third kappa shape index (κ3) is 1.19. The zero-order chi connectivity index (χ0) is 7.56. The molecule has 0 radical (unpaired) electrons. The number of rotatable bonds is 1. The maximum absolute atomic E-state index is 5.51. The van der Waals surface area contributed by atoms with E-state index in [0.717, 1.165) is 16.9 Å². The lowest BCUT2D eigenvalue weighted by atomic mass is 10.2. The molecule has 3 nitrogen and oxygen atoms in total. The molecule has 54 valence electrons. The SMILES string of the molecule is Cc1ccc(N)cc1NN. The molecule has 10 heavy (non-hydrogen) atoms. The molecule has 1 aromatic carbocycles. The Hall–Kier alpha value is -1.22. The van der Waals surface area contributed by atoms with Gasteiger partial charge in [0.15, 0.2) is 0 Å². The van der Waals surface area contributed by atoms with Crippen LogP contribution in [0, 0.1) is 6.92 Å². The summed E-state index contributed by atoms with van der Waals surface area (Å²) in [6.07, 6.45) is 0. The summed E-state index contributed by atoms with van der Waals surface area (Å²) in [7, 11) is 0. The molecule has 0 aliphatic heterocycles. The first-order valence-electron chi connectivity index (χ1n) is 3.07. The second-order valence-corrected chi connectivity index (χ2v) is 2.22. The van der Waals surface area contributed by atoms with Crippen LogP contribution in [0.3, 0.4) is 0 Å². The zero-order valence-corrected chi connectivity index (χ0v) is 5.89. The van der Waals surface area contributed by atoms with Crippen molar-refractivity contribution in [1.29, 1.82) is 0 Å². The Bertz CT molecular complexity index is 232. The normalized spacial score (nSPS) is 9.40. The van der Waals surface area contributed by atoms with E-state index in [1.54, 1.807) is 6.07 Å². The quantitative estimate of drug-likeness (QED) is 0.305. The largest absolute Gasteiger partial charge is 0.399 e. The van der Waals surface area contributed by atoms with E-state index in [-0.39, 0.29) is 0 Å². The fourth-order valence-corrected chi connectivity index (χ4v) is 0.795. The van der Waals surface area contributed by atoms with Gasteiger partial charge in [0.2, 0.25) is 0 Å². The van der Waals surface area contributed by atoms with Crippen molar-refractivity contribution in [3.05, 3.63) is 23.8 Å². The molecule has 0 unspecified atom stereocenters. The predicted octanol–water partition coefficient (Wildman–Crippen LogP) is 0.863. The molecule has 0 aliphatic carbocycles. The molecule has 0 fully saturated rings. The number of nitrogen functional groups attached to an aromatic ring is 2. The van der Waals surface area contributed by atoms with Gasteiger partial charge >= 0.3 is 0 Å². The Morgan fingerprint density at radius 1 is 1.40 bits per heavy atom. The molecule has 0 saturated heterocycles. The van der Waals surface area contributed by atoms with Crippen molar-refractivity contribution in [2.24, 2.45) is 5.84 Å². The first-order valence-corrected chi connectivity index (χ1v) is 3.07. The van der Waals surface area contributed by atoms with Crippen molar-refractivity contribution >= 4 is 11.4 Å². The van der Waals surface area contributed by atoms with Crippen LogP contribution >= 0.6 is 0 Å². The van der Waals surface area contributed by atoms with Crippen LogP contribution < -0.4 is 17.0 Å². The maximum Gasteiger partial charge on any atom is 0.0534 e. The Kier molecular flexibility index (Phi) is 1.78. The molecule has 1 rings (SSSR count). The van der Waals surface area contributed by atoms with Crippen molar-refractivity contribution < 1.29 is 0 Å². The van der Waals surface area contributed by atoms with Gasteiger partial charge in [-0.3, -0.25) is 5.84 Å². The van der Waals surface area contributed by atoms with Gasteiger partial charge in [-0.15, -0.1) is 0 Å². The van der Waals surface area contributed by atoms with Gasteiger partial charge in [0.05, 0.1) is 5.69 Å². The van der Waals surface area contributed by atoms with Gasteiger partial charge in [0.25, 0.3) is 0 Å². The number of anilines is 2. The number of hydrogen-bond donors (Lipinski definition) is 3. The molecular formula is C7H11N3. The molecule has 0 aliphatic rings. The second-order valence-electron chi connectivity index (χ2n) is 2.22. The Morgan fingerprint density at radius 2 is 2.10 bits per heavy atom. The second kappa shape index (κ2) is 2.58. The van der Waals surface area contributed by atoms with E-state index in [4.69, 9.17) is 11.6 Å². The average molecular weight is 137 g/mol. The monoisotopic (exact) mass is 137 g/mol. The minimum Gasteiger partial charge on any atom is -0.399 e. The first kappa shape index (κ1) is 6.89. The molecule has 0 saturated carbocycles. The highest BCUT2D eigenvalue weighted by atomic mass is 15.2. The van der Waals surface area contributed by atoms with Gasteiger partial charge in [-0.25, -0.2) is 0 Å². The van der Waals surface area contributed by atoms with Crippen LogP contribution in [0.5, 0.6) is 0 Å². The lowest BCUT2D eigenvalue weighted by Gasteiger charge is -2.04. The van der Waals surface area contributed by atoms with Gasteiger partial charge < -0.3 is 11.2 Å². The fourth-order valence-electron chi connectivity index (χ4n) is 0.795. The van der Waals surface area contributed by atoms with Gasteiger partial charge in [-0.05, 0) is 24.6 Å². The van der Waals surface area contributed by atoms with Gasteiger partial charge in [-0.1, -0.05) is 6.07 Å². The van der Waals surface area contributed by atoms with Crippen molar-refractivity contribution in [3.63, 3.8) is 0 Å². The van der Waals surface area contributed by atoms with E-state index in [9.17, 15) is 0 Å². The average Bonchev–Trinajstić information content (AvgIpc) is 1.94. The highest BCUT2D eigenvalue weighted by molar-refractivity contribution is 5.58. The van der Waals surface area contributed by atoms with Crippen LogP contribution in [-0.2, 0) is 0 Å². The third-order valence-electron chi connectivity index (χ3n) is 1.42. The van der Waals surface area contributed by atoms with Crippen molar-refractivity contribution in [2.45, 2.75) is 6.92 Å². The summed E-state index contributed by atoms with van der Waals surface area (Å²) in [6.45, 7) is 1.97. The number of hydrazine groups is 1. The Morgan fingerprint density at radius 3 is 2.60 bits per heavy atom. The third-order valence-corrected chi connectivity index (χ3v) is 1.42. The van der Waals surface area contributed by atoms with Gasteiger partial charge in [-0.2, -0.15) is 0 Å². The van der Waals surface area contributed by atoms with Crippen molar-refractivity contribution in [2.75, 3.05) is 11.2 Å². The predicted molar refractivity (Wildman–Crippen MR) is 43.4 cm³/mol. The number of aryl methyl sites for hydroxylation is 1. The van der Waals surface area contributed by atoms with Crippen LogP contribution in [0.2, 0.25) is 0 Å². The molecule has 0 atom stereocenters. The molecule has 0 spiro atoms. The lowest BCUT2D eigenvalue weighted by molar-refractivity contribution is 1.31. The number of nitrogens with two attached hydrogens (primary N) is 2.